The van der Waals surface area contributed by atoms with Gasteiger partial charge in [0.15, 0.2) is 0 Å². The molecule has 28 heavy (non-hydrogen) atoms. The molecule has 0 spiro atoms. The number of nitrogens with zero attached hydrogens (tertiary/aromatic N) is 2. The quantitative estimate of drug-likeness (QED) is 0.377. The predicted octanol–water partition coefficient (Wildman–Crippen LogP) is 4.30. The second kappa shape index (κ2) is 8.77. The Hall–Kier alpha value is -3.74. The van der Waals surface area contributed by atoms with E-state index in [-0.39, 0.29) is 11.3 Å². The van der Waals surface area contributed by atoms with Crippen molar-refractivity contribution in [2.45, 2.75) is 13.3 Å². The van der Waals surface area contributed by atoms with Crippen molar-refractivity contribution in [3.05, 3.63) is 81.9 Å². The van der Waals surface area contributed by atoms with E-state index in [2.05, 4.69) is 10.5 Å². The summed E-state index contributed by atoms with van der Waals surface area (Å²) in [5.74, 6) is 0.00375. The number of carbonyl (C=O) groups is 1. The molecule has 0 heterocycles. The molecule has 0 aliphatic rings. The first kappa shape index (κ1) is 19.0. The highest BCUT2D eigenvalue weighted by Gasteiger charge is 2.18. The van der Waals surface area contributed by atoms with Gasteiger partial charge in [0.25, 0.3) is 11.6 Å². The average molecular weight is 377 g/mol. The average Bonchev–Trinajstić information content (AvgIpc) is 2.72. The van der Waals surface area contributed by atoms with Gasteiger partial charge in [0.1, 0.15) is 11.3 Å². The Morgan fingerprint density at radius 2 is 1.89 bits per heavy atom. The van der Waals surface area contributed by atoms with E-state index in [1.165, 1.54) is 24.4 Å². The summed E-state index contributed by atoms with van der Waals surface area (Å²) in [5, 5.41) is 17.0. The van der Waals surface area contributed by atoms with E-state index in [1.54, 1.807) is 6.07 Å². The molecule has 0 unspecified atom stereocenters. The number of carbonyl (C=O) groups excluding carboxylic acids is 1. The lowest BCUT2D eigenvalue weighted by Gasteiger charge is -2.11. The molecule has 1 N–H and O–H groups in total. The van der Waals surface area contributed by atoms with Crippen LogP contribution in [0.1, 0.15) is 29.3 Å². The number of nitro benzene ring substituents is 1. The number of fused-ring (bicyclic) bond motifs is 1. The minimum absolute atomic E-state index is 0.0509. The Bertz CT molecular complexity index is 1050. The van der Waals surface area contributed by atoms with Crippen LogP contribution in [-0.2, 0) is 0 Å². The van der Waals surface area contributed by atoms with Gasteiger partial charge in [-0.25, -0.2) is 5.43 Å². The molecule has 0 saturated heterocycles. The summed E-state index contributed by atoms with van der Waals surface area (Å²) in [6.45, 7) is 2.57. The SMILES string of the molecule is CCCOc1ccc2ccccc2c1/C=N\NC(=O)c1ccccc1[N+](=O)[O-]. The van der Waals surface area contributed by atoms with Crippen LogP contribution in [0.4, 0.5) is 5.69 Å². The van der Waals surface area contributed by atoms with E-state index >= 15 is 0 Å². The van der Waals surface area contributed by atoms with Crippen molar-refractivity contribution in [3.8, 4) is 5.75 Å². The van der Waals surface area contributed by atoms with Crippen LogP contribution in [0.3, 0.4) is 0 Å². The van der Waals surface area contributed by atoms with Crippen LogP contribution in [0.15, 0.2) is 65.8 Å². The van der Waals surface area contributed by atoms with E-state index in [9.17, 15) is 14.9 Å². The Morgan fingerprint density at radius 1 is 1.14 bits per heavy atom. The Balaban J connectivity index is 1.89. The summed E-state index contributed by atoms with van der Waals surface area (Å²) in [6, 6.07) is 17.3. The number of hydrogen-bond acceptors (Lipinski definition) is 5. The Morgan fingerprint density at radius 3 is 2.68 bits per heavy atom. The number of nitrogens with one attached hydrogen (secondary N) is 1. The summed E-state index contributed by atoms with van der Waals surface area (Å²) in [7, 11) is 0. The smallest absolute Gasteiger partial charge is 0.282 e. The second-order valence-corrected chi connectivity index (χ2v) is 6.02. The molecule has 7 nitrogen and oxygen atoms in total. The van der Waals surface area contributed by atoms with Gasteiger partial charge in [-0.05, 0) is 29.3 Å². The van der Waals surface area contributed by atoms with Crippen molar-refractivity contribution in [1.82, 2.24) is 5.43 Å². The number of amides is 1. The number of ether oxygens (including phenoxy) is 1. The lowest BCUT2D eigenvalue weighted by Crippen LogP contribution is -2.19. The molecule has 3 rings (SSSR count). The third-order valence-electron chi connectivity index (χ3n) is 4.10. The topological polar surface area (TPSA) is 93.8 Å². The van der Waals surface area contributed by atoms with Crippen molar-refractivity contribution in [2.75, 3.05) is 6.61 Å². The highest BCUT2D eigenvalue weighted by atomic mass is 16.6. The summed E-state index contributed by atoms with van der Waals surface area (Å²) in [6.07, 6.45) is 2.36. The van der Waals surface area contributed by atoms with Gasteiger partial charge >= 0.3 is 0 Å². The van der Waals surface area contributed by atoms with Crippen molar-refractivity contribution >= 4 is 28.6 Å². The number of para-hydroxylation sites is 1. The number of benzene rings is 3. The lowest BCUT2D eigenvalue weighted by molar-refractivity contribution is -0.385. The van der Waals surface area contributed by atoms with E-state index < -0.39 is 10.8 Å². The molecule has 1 amide bonds. The largest absolute Gasteiger partial charge is 0.493 e. The maximum absolute atomic E-state index is 12.3. The molecular formula is C21H19N3O4. The molecule has 0 atom stereocenters. The van der Waals surface area contributed by atoms with Crippen LogP contribution < -0.4 is 10.2 Å². The summed E-state index contributed by atoms with van der Waals surface area (Å²) >= 11 is 0. The van der Waals surface area contributed by atoms with Gasteiger partial charge in [-0.15, -0.1) is 0 Å². The van der Waals surface area contributed by atoms with Crippen molar-refractivity contribution < 1.29 is 14.5 Å². The fourth-order valence-electron chi connectivity index (χ4n) is 2.79. The van der Waals surface area contributed by atoms with Crippen molar-refractivity contribution in [1.29, 1.82) is 0 Å². The van der Waals surface area contributed by atoms with Gasteiger partial charge in [0.2, 0.25) is 0 Å². The molecule has 0 bridgehead atoms. The van der Waals surface area contributed by atoms with Crippen LogP contribution >= 0.6 is 0 Å². The van der Waals surface area contributed by atoms with Gasteiger partial charge in [-0.1, -0.05) is 49.4 Å². The van der Waals surface area contributed by atoms with E-state index in [4.69, 9.17) is 4.74 Å². The lowest BCUT2D eigenvalue weighted by atomic mass is 10.0. The van der Waals surface area contributed by atoms with Crippen LogP contribution in [0.5, 0.6) is 5.75 Å². The fourth-order valence-corrected chi connectivity index (χ4v) is 2.79. The first-order chi connectivity index (χ1) is 13.6. The minimum atomic E-state index is -0.653. The molecular weight excluding hydrogens is 358 g/mol. The van der Waals surface area contributed by atoms with Crippen LogP contribution in [0.25, 0.3) is 10.8 Å². The first-order valence-electron chi connectivity index (χ1n) is 8.83. The van der Waals surface area contributed by atoms with Gasteiger partial charge in [-0.2, -0.15) is 5.10 Å². The third-order valence-corrected chi connectivity index (χ3v) is 4.10. The van der Waals surface area contributed by atoms with E-state index in [1.807, 2.05) is 43.3 Å². The molecule has 0 aliphatic carbocycles. The Kier molecular flexibility index (Phi) is 5.96. The summed E-state index contributed by atoms with van der Waals surface area (Å²) < 4.78 is 5.79. The maximum atomic E-state index is 12.3. The minimum Gasteiger partial charge on any atom is -0.493 e. The van der Waals surface area contributed by atoms with E-state index in [0.717, 1.165) is 22.8 Å². The summed E-state index contributed by atoms with van der Waals surface area (Å²) in [5.41, 5.74) is 2.77. The zero-order valence-electron chi connectivity index (χ0n) is 15.3. The molecule has 0 radical (unpaired) electrons. The molecule has 0 aliphatic heterocycles. The third kappa shape index (κ3) is 4.15. The van der Waals surface area contributed by atoms with Crippen LogP contribution in [-0.4, -0.2) is 23.7 Å². The molecule has 7 heteroatoms. The monoisotopic (exact) mass is 377 g/mol. The Labute approximate surface area is 161 Å². The first-order valence-corrected chi connectivity index (χ1v) is 8.83. The molecule has 0 aromatic heterocycles. The van der Waals surface area contributed by atoms with Gasteiger partial charge in [-0.3, -0.25) is 14.9 Å². The van der Waals surface area contributed by atoms with Gasteiger partial charge in [0, 0.05) is 11.6 Å². The van der Waals surface area contributed by atoms with Crippen LogP contribution in [0, 0.1) is 10.1 Å². The number of nitro groups is 1. The summed E-state index contributed by atoms with van der Waals surface area (Å²) in [4.78, 5) is 22.8. The zero-order valence-corrected chi connectivity index (χ0v) is 15.3. The zero-order chi connectivity index (χ0) is 19.9. The normalized spacial score (nSPS) is 10.9. The van der Waals surface area contributed by atoms with Crippen LogP contribution in [0.2, 0.25) is 0 Å². The number of hydrazone groups is 1. The van der Waals surface area contributed by atoms with E-state index in [0.29, 0.717) is 12.4 Å². The van der Waals surface area contributed by atoms with Crippen molar-refractivity contribution in [3.63, 3.8) is 0 Å². The number of hydrogen-bond donors (Lipinski definition) is 1. The second-order valence-electron chi connectivity index (χ2n) is 6.02. The molecule has 3 aromatic carbocycles. The fraction of sp³-hybridized carbons (Fsp3) is 0.143. The molecule has 142 valence electrons. The van der Waals surface area contributed by atoms with Gasteiger partial charge < -0.3 is 4.74 Å². The predicted molar refractivity (Wildman–Crippen MR) is 108 cm³/mol. The molecule has 0 saturated carbocycles. The van der Waals surface area contributed by atoms with Crippen molar-refractivity contribution in [2.24, 2.45) is 5.10 Å². The maximum Gasteiger partial charge on any atom is 0.282 e. The standard InChI is InChI=1S/C21H19N3O4/c1-2-13-28-20-12-11-15-7-3-4-8-16(15)18(20)14-22-23-21(25)17-9-5-6-10-19(17)24(26)27/h3-12,14H,2,13H2,1H3,(H,23,25)/b22-14-. The highest BCUT2D eigenvalue weighted by molar-refractivity contribution is 6.03. The number of rotatable bonds is 7. The molecule has 3 aromatic rings. The molecule has 0 fully saturated rings. The van der Waals surface area contributed by atoms with Gasteiger partial charge in [0.05, 0.1) is 17.7 Å². The highest BCUT2D eigenvalue weighted by Crippen LogP contribution is 2.27.